The van der Waals surface area contributed by atoms with E-state index in [1.807, 2.05) is 13.8 Å². The van der Waals surface area contributed by atoms with Gasteiger partial charge in [0.1, 0.15) is 45.6 Å². The Hall–Kier alpha value is -7.22. The van der Waals surface area contributed by atoms with Crippen LogP contribution in [0, 0.1) is 6.92 Å². The maximum absolute atomic E-state index is 13.0. The van der Waals surface area contributed by atoms with Crippen molar-refractivity contribution < 1.29 is 66.5 Å². The molecule has 0 bridgehead atoms. The first-order chi connectivity index (χ1) is 27.5. The Morgan fingerprint density at radius 2 is 0.789 bits per heavy atom. The number of ether oxygens (including phenoxy) is 10. The van der Waals surface area contributed by atoms with Gasteiger partial charge in [-0.1, -0.05) is 0 Å². The molecule has 0 radical (unpaired) electrons. The molecule has 0 spiro atoms. The number of carbonyl (C=O) groups excluding carboxylic acids is 4. The van der Waals surface area contributed by atoms with E-state index >= 15 is 0 Å². The van der Waals surface area contributed by atoms with Gasteiger partial charge >= 0.3 is 23.9 Å². The quantitative estimate of drug-likeness (QED) is 0.0707. The van der Waals surface area contributed by atoms with Crippen LogP contribution in [0.5, 0.6) is 57.5 Å². The van der Waals surface area contributed by atoms with E-state index in [4.69, 9.17) is 47.4 Å². The van der Waals surface area contributed by atoms with Gasteiger partial charge in [0, 0.05) is 24.3 Å². The normalized spacial score (nSPS) is 10.4. The highest BCUT2D eigenvalue weighted by atomic mass is 16.6. The fraction of sp³-hybridized carbons (Fsp3) is 0.209. The minimum Gasteiger partial charge on any atom is -0.496 e. The molecule has 0 aliphatic rings. The smallest absolute Gasteiger partial charge is 0.347 e. The van der Waals surface area contributed by atoms with Crippen molar-refractivity contribution in [3.63, 3.8) is 0 Å². The van der Waals surface area contributed by atoms with Gasteiger partial charge in [0.15, 0.2) is 23.0 Å². The van der Waals surface area contributed by atoms with E-state index in [0.29, 0.717) is 41.8 Å². The van der Waals surface area contributed by atoms with Crippen LogP contribution in [0.3, 0.4) is 0 Å². The Morgan fingerprint density at radius 1 is 0.404 bits per heavy atom. The number of benzene rings is 5. The molecule has 0 N–H and O–H groups in total. The molecule has 5 rings (SSSR count). The van der Waals surface area contributed by atoms with Crippen LogP contribution < -0.4 is 47.4 Å². The summed E-state index contributed by atoms with van der Waals surface area (Å²) in [6.45, 7) is 6.10. The summed E-state index contributed by atoms with van der Waals surface area (Å²) < 4.78 is 54.6. The summed E-state index contributed by atoms with van der Waals surface area (Å²) in [4.78, 5) is 51.9. The van der Waals surface area contributed by atoms with Gasteiger partial charge in [-0.2, -0.15) is 0 Å². The van der Waals surface area contributed by atoms with E-state index in [-0.39, 0.29) is 56.8 Å². The Labute approximate surface area is 328 Å². The topological polar surface area (TPSA) is 161 Å². The predicted molar refractivity (Wildman–Crippen MR) is 205 cm³/mol. The summed E-state index contributed by atoms with van der Waals surface area (Å²) in [6.07, 6.45) is 0. The molecule has 14 heteroatoms. The van der Waals surface area contributed by atoms with E-state index in [2.05, 4.69) is 0 Å². The fourth-order valence-corrected chi connectivity index (χ4v) is 5.36. The zero-order valence-corrected chi connectivity index (χ0v) is 32.3. The maximum atomic E-state index is 13.0. The molecule has 0 heterocycles. The molecule has 0 fully saturated rings. The summed E-state index contributed by atoms with van der Waals surface area (Å²) in [6, 6.07) is 22.1. The number of aryl methyl sites for hydroxylation is 1. The second-order valence-corrected chi connectivity index (χ2v) is 11.8. The molecular weight excluding hydrogens is 740 g/mol. The first-order valence-corrected chi connectivity index (χ1v) is 17.5. The molecule has 0 aromatic heterocycles. The minimum atomic E-state index is -0.707. The molecular formula is C43H40O14. The van der Waals surface area contributed by atoms with Crippen LogP contribution in [-0.4, -0.2) is 65.5 Å². The molecule has 5 aromatic rings. The van der Waals surface area contributed by atoms with Gasteiger partial charge in [-0.25, -0.2) is 19.2 Å². The summed E-state index contributed by atoms with van der Waals surface area (Å²) in [5, 5.41) is 0. The molecule has 0 aliphatic carbocycles. The minimum absolute atomic E-state index is 0.117. The Balaban J connectivity index is 1.17. The third kappa shape index (κ3) is 9.91. The fourth-order valence-electron chi connectivity index (χ4n) is 5.36. The summed E-state index contributed by atoms with van der Waals surface area (Å²) >= 11 is 0. The van der Waals surface area contributed by atoms with Crippen LogP contribution in [-0.2, 0) is 0 Å². The largest absolute Gasteiger partial charge is 0.496 e. The summed E-state index contributed by atoms with van der Waals surface area (Å²) in [7, 11) is 5.75. The highest BCUT2D eigenvalue weighted by molar-refractivity contribution is 5.96. The standard InChI is InChI=1S/C43H40O14/c1-8-52-38-23-34(48-4)31(21-36(38)50-6)42(46)54-28-14-10-26(11-15-28)40(44)56-30-18-19-33(25(3)20-30)57-41(45)27-12-16-29(17-13-27)55-43(47)32-22-37(51-7)39(53-9-2)24-35(32)49-5/h10-24H,8-9H2,1-7H3. The highest BCUT2D eigenvalue weighted by Gasteiger charge is 2.22. The lowest BCUT2D eigenvalue weighted by molar-refractivity contribution is 0.0714. The molecule has 14 nitrogen and oxygen atoms in total. The van der Waals surface area contributed by atoms with Gasteiger partial charge in [-0.05, 0) is 93.1 Å². The number of methoxy groups -OCH3 is 4. The average molecular weight is 781 g/mol. The van der Waals surface area contributed by atoms with Crippen molar-refractivity contribution in [3.05, 3.63) is 119 Å². The first-order valence-electron chi connectivity index (χ1n) is 17.5. The van der Waals surface area contributed by atoms with Crippen molar-refractivity contribution >= 4 is 23.9 Å². The summed E-state index contributed by atoms with van der Waals surface area (Å²) in [5.74, 6) is 0.0123. The summed E-state index contributed by atoms with van der Waals surface area (Å²) in [5.41, 5.74) is 1.13. The van der Waals surface area contributed by atoms with Gasteiger partial charge in [-0.15, -0.1) is 0 Å². The monoisotopic (exact) mass is 780 g/mol. The number of rotatable bonds is 16. The zero-order valence-electron chi connectivity index (χ0n) is 32.3. The van der Waals surface area contributed by atoms with Gasteiger partial charge in [0.25, 0.3) is 0 Å². The van der Waals surface area contributed by atoms with Crippen LogP contribution in [0.25, 0.3) is 0 Å². The molecule has 0 atom stereocenters. The van der Waals surface area contributed by atoms with E-state index < -0.39 is 23.9 Å². The van der Waals surface area contributed by atoms with Crippen LogP contribution in [0.1, 0.15) is 60.8 Å². The Bertz CT molecular complexity index is 2240. The van der Waals surface area contributed by atoms with Gasteiger partial charge < -0.3 is 47.4 Å². The van der Waals surface area contributed by atoms with Crippen molar-refractivity contribution in [1.82, 2.24) is 0 Å². The third-order valence-electron chi connectivity index (χ3n) is 8.17. The molecule has 0 aliphatic heterocycles. The van der Waals surface area contributed by atoms with Crippen molar-refractivity contribution in [3.8, 4) is 57.5 Å². The van der Waals surface area contributed by atoms with Crippen molar-refractivity contribution in [2.75, 3.05) is 41.7 Å². The first kappa shape index (κ1) is 41.0. The lowest BCUT2D eigenvalue weighted by Gasteiger charge is -2.14. The van der Waals surface area contributed by atoms with E-state index in [1.54, 1.807) is 25.1 Å². The number of carbonyl (C=O) groups is 4. The third-order valence-corrected chi connectivity index (χ3v) is 8.17. The molecule has 5 aromatic carbocycles. The van der Waals surface area contributed by atoms with Gasteiger partial charge in [0.05, 0.1) is 52.8 Å². The highest BCUT2D eigenvalue weighted by Crippen LogP contribution is 2.37. The Kier molecular flexibility index (Phi) is 13.6. The molecule has 0 saturated carbocycles. The van der Waals surface area contributed by atoms with Crippen LogP contribution >= 0.6 is 0 Å². The lowest BCUT2D eigenvalue weighted by Crippen LogP contribution is -2.12. The molecule has 0 unspecified atom stereocenters. The van der Waals surface area contributed by atoms with Crippen molar-refractivity contribution in [2.45, 2.75) is 20.8 Å². The molecule has 57 heavy (non-hydrogen) atoms. The SMILES string of the molecule is CCOc1cc(OC)c(C(=O)Oc2ccc(C(=O)Oc3ccc(OC(=O)c4ccc(OC(=O)c5cc(OC)c(OCC)cc5OC)cc4)c(C)c3)cc2)cc1OC. The van der Waals surface area contributed by atoms with Crippen LogP contribution in [0.4, 0.5) is 0 Å². The zero-order chi connectivity index (χ0) is 41.1. The second-order valence-electron chi connectivity index (χ2n) is 11.8. The van der Waals surface area contributed by atoms with E-state index in [1.165, 1.54) is 101 Å². The average Bonchev–Trinajstić information content (AvgIpc) is 3.22. The van der Waals surface area contributed by atoms with Crippen molar-refractivity contribution in [1.29, 1.82) is 0 Å². The molecule has 0 saturated heterocycles. The van der Waals surface area contributed by atoms with Gasteiger partial charge in [0.2, 0.25) is 0 Å². The number of esters is 4. The lowest BCUT2D eigenvalue weighted by atomic mass is 10.1. The van der Waals surface area contributed by atoms with Crippen molar-refractivity contribution in [2.24, 2.45) is 0 Å². The van der Waals surface area contributed by atoms with Crippen LogP contribution in [0.2, 0.25) is 0 Å². The van der Waals surface area contributed by atoms with E-state index in [9.17, 15) is 19.2 Å². The van der Waals surface area contributed by atoms with Crippen LogP contribution in [0.15, 0.2) is 91.0 Å². The van der Waals surface area contributed by atoms with E-state index in [0.717, 1.165) is 0 Å². The predicted octanol–water partition coefficient (Wildman–Crippen LogP) is 7.70. The number of hydrogen-bond acceptors (Lipinski definition) is 14. The van der Waals surface area contributed by atoms with Gasteiger partial charge in [-0.3, -0.25) is 0 Å². The number of hydrogen-bond donors (Lipinski definition) is 0. The molecule has 0 amide bonds. The maximum Gasteiger partial charge on any atom is 0.347 e. The second kappa shape index (κ2) is 18.9. The Morgan fingerprint density at radius 3 is 1.18 bits per heavy atom. The molecule has 296 valence electrons.